The third kappa shape index (κ3) is 4.90. The highest BCUT2D eigenvalue weighted by Crippen LogP contribution is 2.30. The Balaban J connectivity index is 1.38. The van der Waals surface area contributed by atoms with Gasteiger partial charge in [-0.15, -0.1) is 11.3 Å². The number of carbonyl (C=O) groups is 2. The van der Waals surface area contributed by atoms with Gasteiger partial charge in [0.05, 0.1) is 11.3 Å². The molecular formula is C23H29N3O3S. The minimum Gasteiger partial charge on any atom is -0.368 e. The molecule has 2 aromatic rings. The van der Waals surface area contributed by atoms with Gasteiger partial charge in [0, 0.05) is 42.7 Å². The Morgan fingerprint density at radius 3 is 2.77 bits per heavy atom. The molecule has 7 heteroatoms. The molecule has 30 heavy (non-hydrogen) atoms. The molecule has 2 aliphatic heterocycles. The monoisotopic (exact) mass is 427 g/mol. The fourth-order valence-electron chi connectivity index (χ4n) is 4.28. The van der Waals surface area contributed by atoms with Crippen LogP contribution in [0.4, 0.5) is 0 Å². The Hall–Kier alpha value is -2.25. The summed E-state index contributed by atoms with van der Waals surface area (Å²) in [5.41, 5.74) is 2.45. The van der Waals surface area contributed by atoms with Crippen LogP contribution in [0.5, 0.6) is 0 Å². The maximum absolute atomic E-state index is 12.9. The lowest BCUT2D eigenvalue weighted by atomic mass is 9.89. The van der Waals surface area contributed by atoms with Gasteiger partial charge in [0.1, 0.15) is 6.10 Å². The van der Waals surface area contributed by atoms with Crippen molar-refractivity contribution in [2.75, 3.05) is 26.2 Å². The van der Waals surface area contributed by atoms with E-state index in [0.717, 1.165) is 43.5 Å². The van der Waals surface area contributed by atoms with E-state index in [-0.39, 0.29) is 23.8 Å². The zero-order valence-electron chi connectivity index (χ0n) is 17.4. The number of nitrogens with zero attached hydrogens (tertiary/aromatic N) is 2. The second-order valence-corrected chi connectivity index (χ2v) is 9.10. The molecule has 2 amide bonds. The van der Waals surface area contributed by atoms with Crippen LogP contribution in [0.3, 0.4) is 0 Å². The molecule has 0 radical (unpaired) electrons. The van der Waals surface area contributed by atoms with Crippen molar-refractivity contribution in [1.82, 2.24) is 15.2 Å². The van der Waals surface area contributed by atoms with Crippen molar-refractivity contribution in [3.05, 3.63) is 51.5 Å². The molecule has 2 aromatic heterocycles. The smallest absolute Gasteiger partial charge is 0.253 e. The average molecular weight is 428 g/mol. The summed E-state index contributed by atoms with van der Waals surface area (Å²) >= 11 is 1.70. The van der Waals surface area contributed by atoms with Gasteiger partial charge in [0.2, 0.25) is 0 Å². The maximum atomic E-state index is 12.9. The second kappa shape index (κ2) is 9.71. The van der Waals surface area contributed by atoms with E-state index in [1.165, 1.54) is 4.88 Å². The van der Waals surface area contributed by atoms with E-state index in [4.69, 9.17) is 9.72 Å². The summed E-state index contributed by atoms with van der Waals surface area (Å²) in [7, 11) is 0. The number of thiophene rings is 1. The number of pyridine rings is 1. The summed E-state index contributed by atoms with van der Waals surface area (Å²) in [6.07, 6.45) is 4.01. The van der Waals surface area contributed by atoms with E-state index in [2.05, 4.69) is 16.8 Å². The van der Waals surface area contributed by atoms with E-state index in [0.29, 0.717) is 31.8 Å². The van der Waals surface area contributed by atoms with Crippen LogP contribution in [-0.2, 0) is 16.0 Å². The standard InChI is InChI=1S/C23H29N3O3S/c1-16-6-7-19(22(27)24-11-8-18-4-3-15-30-18)21(25-16)17-9-12-26(13-10-17)23(28)20-5-2-14-29-20/h3-4,6-7,15,17,20H,2,5,8-14H2,1H3,(H,24,27). The second-order valence-electron chi connectivity index (χ2n) is 8.07. The number of amides is 2. The predicted octanol–water partition coefficient (Wildman–Crippen LogP) is 3.31. The first-order chi connectivity index (χ1) is 14.6. The average Bonchev–Trinajstić information content (AvgIpc) is 3.47. The van der Waals surface area contributed by atoms with Crippen LogP contribution in [-0.4, -0.2) is 54.0 Å². The van der Waals surface area contributed by atoms with Crippen LogP contribution in [0, 0.1) is 6.92 Å². The number of aryl methyl sites for hydroxylation is 1. The molecule has 0 aliphatic carbocycles. The number of piperidine rings is 1. The fraction of sp³-hybridized carbons (Fsp3) is 0.522. The Morgan fingerprint density at radius 2 is 2.07 bits per heavy atom. The molecule has 0 aromatic carbocycles. The van der Waals surface area contributed by atoms with Gasteiger partial charge < -0.3 is 15.0 Å². The lowest BCUT2D eigenvalue weighted by Crippen LogP contribution is -2.43. The fourth-order valence-corrected chi connectivity index (χ4v) is 4.99. The zero-order chi connectivity index (χ0) is 20.9. The normalized spacial score (nSPS) is 19.8. The molecule has 6 nitrogen and oxygen atoms in total. The van der Waals surface area contributed by atoms with Gasteiger partial charge in [-0.25, -0.2) is 0 Å². The third-order valence-corrected chi connectivity index (χ3v) is 6.88. The lowest BCUT2D eigenvalue weighted by molar-refractivity contribution is -0.142. The van der Waals surface area contributed by atoms with Crippen molar-refractivity contribution in [1.29, 1.82) is 0 Å². The Kier molecular flexibility index (Phi) is 6.79. The number of hydrogen-bond acceptors (Lipinski definition) is 5. The summed E-state index contributed by atoms with van der Waals surface area (Å²) in [4.78, 5) is 33.4. The molecule has 4 heterocycles. The number of aromatic nitrogens is 1. The van der Waals surface area contributed by atoms with E-state index in [9.17, 15) is 9.59 Å². The molecule has 1 N–H and O–H groups in total. The highest BCUT2D eigenvalue weighted by atomic mass is 32.1. The van der Waals surface area contributed by atoms with Crippen molar-refractivity contribution in [2.24, 2.45) is 0 Å². The topological polar surface area (TPSA) is 71.5 Å². The predicted molar refractivity (Wildman–Crippen MR) is 117 cm³/mol. The number of ether oxygens (including phenoxy) is 1. The molecule has 2 fully saturated rings. The number of likely N-dealkylation sites (tertiary alicyclic amines) is 1. The van der Waals surface area contributed by atoms with Gasteiger partial charge in [-0.2, -0.15) is 0 Å². The highest BCUT2D eigenvalue weighted by Gasteiger charge is 2.32. The van der Waals surface area contributed by atoms with Gasteiger partial charge in [0.15, 0.2) is 0 Å². The molecule has 4 rings (SSSR count). The van der Waals surface area contributed by atoms with Gasteiger partial charge >= 0.3 is 0 Å². The summed E-state index contributed by atoms with van der Waals surface area (Å²) < 4.78 is 5.55. The number of nitrogens with one attached hydrogen (secondary N) is 1. The van der Waals surface area contributed by atoms with E-state index in [1.807, 2.05) is 30.0 Å². The van der Waals surface area contributed by atoms with Gasteiger partial charge in [-0.05, 0) is 62.6 Å². The van der Waals surface area contributed by atoms with Crippen LogP contribution in [0.1, 0.15) is 58.2 Å². The molecule has 160 valence electrons. The largest absolute Gasteiger partial charge is 0.368 e. The zero-order valence-corrected chi connectivity index (χ0v) is 18.2. The minimum atomic E-state index is -0.261. The molecule has 2 saturated heterocycles. The number of carbonyl (C=O) groups excluding carboxylic acids is 2. The molecule has 0 saturated carbocycles. The van der Waals surface area contributed by atoms with Gasteiger partial charge in [-0.1, -0.05) is 6.07 Å². The Labute approximate surface area is 181 Å². The van der Waals surface area contributed by atoms with Crippen LogP contribution in [0.2, 0.25) is 0 Å². The quantitative estimate of drug-likeness (QED) is 0.768. The molecule has 2 aliphatic rings. The van der Waals surface area contributed by atoms with E-state index >= 15 is 0 Å². The first-order valence-corrected chi connectivity index (χ1v) is 11.7. The summed E-state index contributed by atoms with van der Waals surface area (Å²) in [5.74, 6) is 0.248. The highest BCUT2D eigenvalue weighted by molar-refractivity contribution is 7.09. The molecule has 1 unspecified atom stereocenters. The summed E-state index contributed by atoms with van der Waals surface area (Å²) in [5, 5.41) is 5.10. The summed E-state index contributed by atoms with van der Waals surface area (Å²) in [6, 6.07) is 7.90. The minimum absolute atomic E-state index is 0.0630. The molecule has 0 bridgehead atoms. The number of rotatable bonds is 6. The SMILES string of the molecule is Cc1ccc(C(=O)NCCc2cccs2)c(C2CCN(C(=O)C3CCCO3)CC2)n1. The number of hydrogen-bond donors (Lipinski definition) is 1. The van der Waals surface area contributed by atoms with Crippen LogP contribution in [0.25, 0.3) is 0 Å². The van der Waals surface area contributed by atoms with Crippen molar-refractivity contribution < 1.29 is 14.3 Å². The van der Waals surface area contributed by atoms with Crippen LogP contribution < -0.4 is 5.32 Å². The van der Waals surface area contributed by atoms with Crippen molar-refractivity contribution >= 4 is 23.2 Å². The lowest BCUT2D eigenvalue weighted by Gasteiger charge is -2.33. The maximum Gasteiger partial charge on any atom is 0.253 e. The van der Waals surface area contributed by atoms with Crippen LogP contribution >= 0.6 is 11.3 Å². The Bertz CT molecular complexity index is 870. The summed E-state index contributed by atoms with van der Waals surface area (Å²) in [6.45, 7) is 4.64. The third-order valence-electron chi connectivity index (χ3n) is 5.94. The van der Waals surface area contributed by atoms with Crippen molar-refractivity contribution in [2.45, 2.75) is 51.0 Å². The van der Waals surface area contributed by atoms with Gasteiger partial charge in [-0.3, -0.25) is 14.6 Å². The molecular weight excluding hydrogens is 398 g/mol. The van der Waals surface area contributed by atoms with Crippen molar-refractivity contribution in [3.63, 3.8) is 0 Å². The first kappa shape index (κ1) is 21.0. The molecule has 0 spiro atoms. The first-order valence-electron chi connectivity index (χ1n) is 10.8. The van der Waals surface area contributed by atoms with Gasteiger partial charge in [0.25, 0.3) is 11.8 Å². The van der Waals surface area contributed by atoms with E-state index < -0.39 is 0 Å². The van der Waals surface area contributed by atoms with E-state index in [1.54, 1.807) is 11.3 Å². The molecule has 1 atom stereocenters. The van der Waals surface area contributed by atoms with Crippen LogP contribution in [0.15, 0.2) is 29.6 Å². The Morgan fingerprint density at radius 1 is 1.23 bits per heavy atom. The van der Waals surface area contributed by atoms with Crippen molar-refractivity contribution in [3.8, 4) is 0 Å².